The van der Waals surface area contributed by atoms with Crippen molar-refractivity contribution in [2.45, 2.75) is 18.4 Å². The van der Waals surface area contributed by atoms with Gasteiger partial charge in [0.05, 0.1) is 31.3 Å². The van der Waals surface area contributed by atoms with Crippen LogP contribution in [0.1, 0.15) is 18.2 Å². The van der Waals surface area contributed by atoms with Gasteiger partial charge in [0.2, 0.25) is 11.7 Å². The predicted molar refractivity (Wildman–Crippen MR) is 75.5 cm³/mol. The van der Waals surface area contributed by atoms with Crippen LogP contribution in [0.25, 0.3) is 11.4 Å². The van der Waals surface area contributed by atoms with Crippen molar-refractivity contribution in [1.82, 2.24) is 10.1 Å². The molecule has 1 saturated heterocycles. The highest BCUT2D eigenvalue weighted by atomic mass is 35.5. The van der Waals surface area contributed by atoms with Gasteiger partial charge < -0.3 is 19.1 Å². The molecule has 2 aromatic rings. The Kier molecular flexibility index (Phi) is 4.10. The second kappa shape index (κ2) is 6.01. The van der Waals surface area contributed by atoms with E-state index < -0.39 is 6.10 Å². The van der Waals surface area contributed by atoms with Crippen LogP contribution in [0.2, 0.25) is 5.02 Å². The standard InChI is InChI=1S/C14H15ClN2O4/c1-19-12-6-8(15)2-3-9(12)13-16-14(21-17-13)10-7-20-5-4-11(10)18/h2-3,6,10-11,18H,4-5,7H2,1H3. The molecule has 3 rings (SSSR count). The van der Waals surface area contributed by atoms with Gasteiger partial charge in [-0.3, -0.25) is 0 Å². The van der Waals surface area contributed by atoms with Crippen molar-refractivity contribution in [3.05, 3.63) is 29.1 Å². The van der Waals surface area contributed by atoms with Crippen LogP contribution in [0.3, 0.4) is 0 Å². The van der Waals surface area contributed by atoms with Crippen molar-refractivity contribution in [3.8, 4) is 17.1 Å². The summed E-state index contributed by atoms with van der Waals surface area (Å²) in [6, 6.07) is 5.18. The minimum absolute atomic E-state index is 0.293. The van der Waals surface area contributed by atoms with Gasteiger partial charge >= 0.3 is 0 Å². The van der Waals surface area contributed by atoms with Crippen molar-refractivity contribution in [1.29, 1.82) is 0 Å². The van der Waals surface area contributed by atoms with Crippen molar-refractivity contribution in [3.63, 3.8) is 0 Å². The molecule has 1 aliphatic heterocycles. The summed E-state index contributed by atoms with van der Waals surface area (Å²) in [5.41, 5.74) is 0.683. The van der Waals surface area contributed by atoms with Gasteiger partial charge in [0.15, 0.2) is 0 Å². The molecule has 2 unspecified atom stereocenters. The number of aliphatic hydroxyl groups excluding tert-OH is 1. The minimum atomic E-state index is -0.529. The molecule has 7 heteroatoms. The van der Waals surface area contributed by atoms with Gasteiger partial charge in [-0.15, -0.1) is 0 Å². The summed E-state index contributed by atoms with van der Waals surface area (Å²) in [4.78, 5) is 4.35. The molecule has 1 aliphatic rings. The Morgan fingerprint density at radius 1 is 1.43 bits per heavy atom. The predicted octanol–water partition coefficient (Wildman–Crippen LogP) is 2.26. The number of nitrogens with zero attached hydrogens (tertiary/aromatic N) is 2. The Hall–Kier alpha value is -1.63. The highest BCUT2D eigenvalue weighted by molar-refractivity contribution is 6.30. The molecule has 6 nitrogen and oxygen atoms in total. The van der Waals surface area contributed by atoms with Crippen LogP contribution in [0, 0.1) is 0 Å². The fraction of sp³-hybridized carbons (Fsp3) is 0.429. The summed E-state index contributed by atoms with van der Waals surface area (Å²) >= 11 is 5.94. The maximum absolute atomic E-state index is 9.99. The number of aromatic nitrogens is 2. The highest BCUT2D eigenvalue weighted by Gasteiger charge is 2.30. The van der Waals surface area contributed by atoms with Crippen LogP contribution in [-0.2, 0) is 4.74 Å². The zero-order valence-corrected chi connectivity index (χ0v) is 12.2. The van der Waals surface area contributed by atoms with E-state index in [1.165, 1.54) is 0 Å². The molecule has 21 heavy (non-hydrogen) atoms. The summed E-state index contributed by atoms with van der Waals surface area (Å²) < 4.78 is 15.9. The molecule has 1 fully saturated rings. The lowest BCUT2D eigenvalue weighted by atomic mass is 9.99. The number of ether oxygens (including phenoxy) is 2. The van der Waals surface area contributed by atoms with Gasteiger partial charge in [0.25, 0.3) is 0 Å². The van der Waals surface area contributed by atoms with Gasteiger partial charge in [-0.1, -0.05) is 16.8 Å². The summed E-state index contributed by atoms with van der Waals surface area (Å²) in [5, 5.41) is 14.5. The lowest BCUT2D eigenvalue weighted by molar-refractivity contribution is -0.0149. The Balaban J connectivity index is 1.91. The molecule has 1 aromatic carbocycles. The zero-order chi connectivity index (χ0) is 14.8. The SMILES string of the molecule is COc1cc(Cl)ccc1-c1noc(C2COCCC2O)n1. The van der Waals surface area contributed by atoms with E-state index in [-0.39, 0.29) is 5.92 Å². The van der Waals surface area contributed by atoms with E-state index in [9.17, 15) is 5.11 Å². The molecular weight excluding hydrogens is 296 g/mol. The summed E-state index contributed by atoms with van der Waals surface area (Å²) in [6.45, 7) is 0.921. The molecule has 112 valence electrons. The van der Waals surface area contributed by atoms with Crippen LogP contribution in [0.15, 0.2) is 22.7 Å². The first-order chi connectivity index (χ1) is 10.2. The Labute approximate surface area is 126 Å². The zero-order valence-electron chi connectivity index (χ0n) is 11.5. The second-order valence-corrected chi connectivity index (χ2v) is 5.27. The molecule has 2 heterocycles. The van der Waals surface area contributed by atoms with E-state index >= 15 is 0 Å². The Morgan fingerprint density at radius 3 is 3.05 bits per heavy atom. The number of benzene rings is 1. The third-order valence-corrected chi connectivity index (χ3v) is 3.72. The number of hydrogen-bond donors (Lipinski definition) is 1. The fourth-order valence-electron chi connectivity index (χ4n) is 2.31. The first-order valence-corrected chi connectivity index (χ1v) is 7.00. The molecule has 0 saturated carbocycles. The number of methoxy groups -OCH3 is 1. The van der Waals surface area contributed by atoms with Gasteiger partial charge in [0.1, 0.15) is 5.75 Å². The van der Waals surface area contributed by atoms with Crippen molar-refractivity contribution >= 4 is 11.6 Å². The first kappa shape index (κ1) is 14.3. The van der Waals surface area contributed by atoms with Crippen LogP contribution in [0.4, 0.5) is 0 Å². The molecular formula is C14H15ClN2O4. The Morgan fingerprint density at radius 2 is 2.29 bits per heavy atom. The first-order valence-electron chi connectivity index (χ1n) is 6.62. The van der Waals surface area contributed by atoms with Crippen molar-refractivity contribution in [2.24, 2.45) is 0 Å². The molecule has 0 radical (unpaired) electrons. The quantitative estimate of drug-likeness (QED) is 0.937. The smallest absolute Gasteiger partial charge is 0.235 e. The highest BCUT2D eigenvalue weighted by Crippen LogP contribution is 2.32. The van der Waals surface area contributed by atoms with Gasteiger partial charge in [-0.25, -0.2) is 0 Å². The maximum Gasteiger partial charge on any atom is 0.235 e. The third-order valence-electron chi connectivity index (χ3n) is 3.48. The maximum atomic E-state index is 9.99. The van der Waals surface area contributed by atoms with E-state index in [1.807, 2.05) is 0 Å². The topological polar surface area (TPSA) is 77.6 Å². The average molecular weight is 311 g/mol. The van der Waals surface area contributed by atoms with Crippen LogP contribution >= 0.6 is 11.6 Å². The van der Waals surface area contributed by atoms with Gasteiger partial charge in [-0.2, -0.15) is 4.98 Å². The molecule has 0 spiro atoms. The Bertz CT molecular complexity index is 631. The molecule has 1 N–H and O–H groups in total. The van der Waals surface area contributed by atoms with Crippen molar-refractivity contribution < 1.29 is 19.1 Å². The number of rotatable bonds is 3. The van der Waals surface area contributed by atoms with Crippen molar-refractivity contribution in [2.75, 3.05) is 20.3 Å². The van der Waals surface area contributed by atoms with E-state index in [4.69, 9.17) is 25.6 Å². The lowest BCUT2D eigenvalue weighted by Crippen LogP contribution is -2.30. The van der Waals surface area contributed by atoms with E-state index in [0.717, 1.165) is 0 Å². The van der Waals surface area contributed by atoms with E-state index in [2.05, 4.69) is 10.1 Å². The molecule has 0 amide bonds. The number of hydrogen-bond acceptors (Lipinski definition) is 6. The molecule has 0 aliphatic carbocycles. The normalized spacial score (nSPS) is 22.2. The summed E-state index contributed by atoms with van der Waals surface area (Å²) in [5.74, 6) is 1.04. The monoisotopic (exact) mass is 310 g/mol. The number of halogens is 1. The van der Waals surface area contributed by atoms with E-state index in [0.29, 0.717) is 47.7 Å². The fourth-order valence-corrected chi connectivity index (χ4v) is 2.47. The van der Waals surface area contributed by atoms with Crippen LogP contribution in [-0.4, -0.2) is 41.7 Å². The largest absolute Gasteiger partial charge is 0.496 e. The summed E-state index contributed by atoms with van der Waals surface area (Å²) in [6.07, 6.45) is 0.0336. The number of aliphatic hydroxyl groups is 1. The third kappa shape index (κ3) is 2.88. The average Bonchev–Trinajstić information content (AvgIpc) is 2.97. The summed E-state index contributed by atoms with van der Waals surface area (Å²) in [7, 11) is 1.55. The molecule has 2 atom stereocenters. The van der Waals surface area contributed by atoms with E-state index in [1.54, 1.807) is 25.3 Å². The lowest BCUT2D eigenvalue weighted by Gasteiger charge is -2.24. The minimum Gasteiger partial charge on any atom is -0.496 e. The van der Waals surface area contributed by atoms with Crippen LogP contribution < -0.4 is 4.74 Å². The van der Waals surface area contributed by atoms with Gasteiger partial charge in [0, 0.05) is 11.6 Å². The molecule has 1 aromatic heterocycles. The van der Waals surface area contributed by atoms with Crippen LogP contribution in [0.5, 0.6) is 5.75 Å². The second-order valence-electron chi connectivity index (χ2n) is 4.84. The van der Waals surface area contributed by atoms with Gasteiger partial charge in [-0.05, 0) is 24.6 Å². The molecule has 0 bridgehead atoms.